The highest BCUT2D eigenvalue weighted by Gasteiger charge is 2.11. The molecule has 0 bridgehead atoms. The van der Waals surface area contributed by atoms with E-state index >= 15 is 0 Å². The van der Waals surface area contributed by atoms with Crippen LogP contribution in [0, 0.1) is 0 Å². The molecule has 0 unspecified atom stereocenters. The third-order valence-electron chi connectivity index (χ3n) is 2.61. The molecule has 6 heteroatoms. The number of aromatic nitrogens is 1. The molecule has 2 rings (SSSR count). The standard InChI is InChI=1S/C14H12ClNO4/c1-19-10-4-2-9(3-5-10)8-20-13-6-11(14(17)18)12(15)7-16-13/h2-7H,8H2,1H3,(H,17,18). The van der Waals surface area contributed by atoms with Crippen molar-refractivity contribution in [3.63, 3.8) is 0 Å². The summed E-state index contributed by atoms with van der Waals surface area (Å²) in [7, 11) is 1.59. The lowest BCUT2D eigenvalue weighted by Crippen LogP contribution is -2.02. The number of nitrogens with zero attached hydrogens (tertiary/aromatic N) is 1. The second kappa shape index (κ2) is 6.25. The first kappa shape index (κ1) is 14.1. The Bertz CT molecular complexity index is 613. The Morgan fingerprint density at radius 3 is 2.65 bits per heavy atom. The molecule has 0 aliphatic carbocycles. The lowest BCUT2D eigenvalue weighted by Gasteiger charge is -2.07. The number of carboxylic acid groups (broad SMARTS) is 1. The summed E-state index contributed by atoms with van der Waals surface area (Å²) in [5.41, 5.74) is 0.880. The zero-order valence-electron chi connectivity index (χ0n) is 10.7. The van der Waals surface area contributed by atoms with Crippen LogP contribution >= 0.6 is 11.6 Å². The van der Waals surface area contributed by atoms with Gasteiger partial charge < -0.3 is 14.6 Å². The number of benzene rings is 1. The average molecular weight is 294 g/mol. The molecule has 5 nitrogen and oxygen atoms in total. The summed E-state index contributed by atoms with van der Waals surface area (Å²) < 4.78 is 10.5. The van der Waals surface area contributed by atoms with E-state index in [2.05, 4.69) is 4.98 Å². The van der Waals surface area contributed by atoms with E-state index in [1.165, 1.54) is 12.3 Å². The fourth-order valence-corrected chi connectivity index (χ4v) is 1.73. The fraction of sp³-hybridized carbons (Fsp3) is 0.143. The molecule has 0 radical (unpaired) electrons. The molecule has 1 aromatic carbocycles. The molecule has 0 aliphatic rings. The van der Waals surface area contributed by atoms with Crippen LogP contribution in [0.5, 0.6) is 11.6 Å². The van der Waals surface area contributed by atoms with E-state index in [4.69, 9.17) is 26.2 Å². The Morgan fingerprint density at radius 1 is 1.35 bits per heavy atom. The maximum atomic E-state index is 10.9. The number of aromatic carboxylic acids is 1. The number of pyridine rings is 1. The number of hydrogen-bond acceptors (Lipinski definition) is 4. The number of rotatable bonds is 5. The molecule has 0 saturated carbocycles. The van der Waals surface area contributed by atoms with Gasteiger partial charge in [-0.3, -0.25) is 0 Å². The Balaban J connectivity index is 2.06. The van der Waals surface area contributed by atoms with E-state index in [-0.39, 0.29) is 23.1 Å². The van der Waals surface area contributed by atoms with Crippen LogP contribution in [0.15, 0.2) is 36.5 Å². The molecule has 0 aliphatic heterocycles. The molecule has 1 aromatic heterocycles. The molecule has 0 fully saturated rings. The molecular weight excluding hydrogens is 282 g/mol. The van der Waals surface area contributed by atoms with E-state index in [0.717, 1.165) is 11.3 Å². The van der Waals surface area contributed by atoms with Crippen molar-refractivity contribution in [2.75, 3.05) is 7.11 Å². The second-order valence-electron chi connectivity index (χ2n) is 3.94. The van der Waals surface area contributed by atoms with E-state index in [1.807, 2.05) is 24.3 Å². The van der Waals surface area contributed by atoms with Gasteiger partial charge >= 0.3 is 5.97 Å². The minimum Gasteiger partial charge on any atom is -0.497 e. The van der Waals surface area contributed by atoms with Crippen LogP contribution < -0.4 is 9.47 Å². The van der Waals surface area contributed by atoms with Gasteiger partial charge in [-0.15, -0.1) is 0 Å². The van der Waals surface area contributed by atoms with E-state index in [1.54, 1.807) is 7.11 Å². The first-order valence-electron chi connectivity index (χ1n) is 5.74. The van der Waals surface area contributed by atoms with E-state index in [0.29, 0.717) is 0 Å². The summed E-state index contributed by atoms with van der Waals surface area (Å²) in [6, 6.07) is 8.64. The van der Waals surface area contributed by atoms with Gasteiger partial charge in [0.1, 0.15) is 12.4 Å². The van der Waals surface area contributed by atoms with Gasteiger partial charge in [0, 0.05) is 6.07 Å². The maximum Gasteiger partial charge on any atom is 0.337 e. The summed E-state index contributed by atoms with van der Waals surface area (Å²) in [6.07, 6.45) is 1.26. The first-order valence-corrected chi connectivity index (χ1v) is 6.12. The van der Waals surface area contributed by atoms with Crippen molar-refractivity contribution in [2.24, 2.45) is 0 Å². The Labute approximate surface area is 120 Å². The van der Waals surface area contributed by atoms with Gasteiger partial charge in [0.05, 0.1) is 23.9 Å². The van der Waals surface area contributed by atoms with Crippen molar-refractivity contribution < 1.29 is 19.4 Å². The van der Waals surface area contributed by atoms with Crippen LogP contribution in [0.4, 0.5) is 0 Å². The molecule has 104 valence electrons. The second-order valence-corrected chi connectivity index (χ2v) is 4.35. The van der Waals surface area contributed by atoms with E-state index < -0.39 is 5.97 Å². The van der Waals surface area contributed by atoms with Gasteiger partial charge in [-0.2, -0.15) is 0 Å². The lowest BCUT2D eigenvalue weighted by molar-refractivity contribution is 0.0696. The number of ether oxygens (including phenoxy) is 2. The molecule has 1 heterocycles. The van der Waals surface area contributed by atoms with Crippen LogP contribution in [0.25, 0.3) is 0 Å². The van der Waals surface area contributed by atoms with Crippen LogP contribution in [-0.4, -0.2) is 23.2 Å². The van der Waals surface area contributed by atoms with Crippen LogP contribution in [0.1, 0.15) is 15.9 Å². The van der Waals surface area contributed by atoms with Crippen LogP contribution in [0.2, 0.25) is 5.02 Å². The predicted octanol–water partition coefficient (Wildman–Crippen LogP) is 3.02. The number of hydrogen-bond donors (Lipinski definition) is 1. The topological polar surface area (TPSA) is 68.7 Å². The normalized spacial score (nSPS) is 10.1. The summed E-state index contributed by atoms with van der Waals surface area (Å²) in [6.45, 7) is 0.275. The molecular formula is C14H12ClNO4. The van der Waals surface area contributed by atoms with Gasteiger partial charge in [0.25, 0.3) is 0 Å². The van der Waals surface area contributed by atoms with Gasteiger partial charge in [0.2, 0.25) is 5.88 Å². The fourth-order valence-electron chi connectivity index (χ4n) is 1.54. The van der Waals surface area contributed by atoms with Gasteiger partial charge in [0.15, 0.2) is 0 Å². The maximum absolute atomic E-state index is 10.9. The van der Waals surface area contributed by atoms with Crippen molar-refractivity contribution in [3.05, 3.63) is 52.7 Å². The summed E-state index contributed by atoms with van der Waals surface area (Å²) in [5, 5.41) is 9.03. The van der Waals surface area contributed by atoms with Crippen molar-refractivity contribution in [2.45, 2.75) is 6.61 Å². The molecule has 20 heavy (non-hydrogen) atoms. The quantitative estimate of drug-likeness (QED) is 0.917. The molecule has 1 N–H and O–H groups in total. The van der Waals surface area contributed by atoms with Gasteiger partial charge in [-0.1, -0.05) is 23.7 Å². The lowest BCUT2D eigenvalue weighted by atomic mass is 10.2. The van der Waals surface area contributed by atoms with Crippen molar-refractivity contribution >= 4 is 17.6 Å². The molecule has 0 amide bonds. The Morgan fingerprint density at radius 2 is 2.05 bits per heavy atom. The Kier molecular flexibility index (Phi) is 4.42. The minimum atomic E-state index is -1.12. The predicted molar refractivity (Wildman–Crippen MR) is 73.5 cm³/mol. The average Bonchev–Trinajstić information content (AvgIpc) is 2.46. The number of methoxy groups -OCH3 is 1. The van der Waals surface area contributed by atoms with E-state index in [9.17, 15) is 4.79 Å². The van der Waals surface area contributed by atoms with Crippen molar-refractivity contribution in [1.29, 1.82) is 0 Å². The van der Waals surface area contributed by atoms with Crippen LogP contribution in [0.3, 0.4) is 0 Å². The zero-order valence-corrected chi connectivity index (χ0v) is 11.4. The largest absolute Gasteiger partial charge is 0.497 e. The highest BCUT2D eigenvalue weighted by Crippen LogP contribution is 2.20. The smallest absolute Gasteiger partial charge is 0.337 e. The molecule has 2 aromatic rings. The third kappa shape index (κ3) is 3.39. The summed E-state index contributed by atoms with van der Waals surface area (Å²) in [4.78, 5) is 14.9. The molecule has 0 spiro atoms. The highest BCUT2D eigenvalue weighted by molar-refractivity contribution is 6.33. The zero-order chi connectivity index (χ0) is 14.5. The number of carbonyl (C=O) groups is 1. The van der Waals surface area contributed by atoms with Crippen molar-refractivity contribution in [1.82, 2.24) is 4.98 Å². The third-order valence-corrected chi connectivity index (χ3v) is 2.91. The monoisotopic (exact) mass is 293 g/mol. The Hall–Kier alpha value is -2.27. The number of carboxylic acids is 1. The van der Waals surface area contributed by atoms with Crippen molar-refractivity contribution in [3.8, 4) is 11.6 Å². The van der Waals surface area contributed by atoms with Gasteiger partial charge in [-0.25, -0.2) is 9.78 Å². The molecule has 0 atom stereocenters. The first-order chi connectivity index (χ1) is 9.60. The summed E-state index contributed by atoms with van der Waals surface area (Å²) >= 11 is 5.73. The van der Waals surface area contributed by atoms with Crippen LogP contribution in [-0.2, 0) is 6.61 Å². The minimum absolute atomic E-state index is 0.0357. The summed E-state index contributed by atoms with van der Waals surface area (Å²) in [5.74, 6) is -0.152. The number of halogens is 1. The SMILES string of the molecule is COc1ccc(COc2cc(C(=O)O)c(Cl)cn2)cc1. The highest BCUT2D eigenvalue weighted by atomic mass is 35.5. The molecule has 0 saturated heterocycles. The van der Waals surface area contributed by atoms with Gasteiger partial charge in [-0.05, 0) is 17.7 Å².